The van der Waals surface area contributed by atoms with Gasteiger partial charge in [-0.2, -0.15) is 0 Å². The largest absolute Gasteiger partial charge is 0.298 e. The van der Waals surface area contributed by atoms with Crippen LogP contribution in [0.4, 0.5) is 0 Å². The van der Waals surface area contributed by atoms with Crippen LogP contribution in [0.2, 0.25) is 0 Å². The van der Waals surface area contributed by atoms with Crippen molar-refractivity contribution >= 4 is 10.8 Å². The number of fused-ring (bicyclic) bond motifs is 1. The number of rotatable bonds is 1. The van der Waals surface area contributed by atoms with Gasteiger partial charge in [0.1, 0.15) is 0 Å². The Morgan fingerprint density at radius 1 is 0.875 bits per heavy atom. The van der Waals surface area contributed by atoms with Crippen LogP contribution in [0.25, 0.3) is 0 Å². The van der Waals surface area contributed by atoms with E-state index in [1.165, 1.54) is 51.9 Å². The fourth-order valence-electron chi connectivity index (χ4n) is 3.49. The van der Waals surface area contributed by atoms with E-state index in [2.05, 4.69) is 9.80 Å². The van der Waals surface area contributed by atoms with E-state index in [4.69, 9.17) is 0 Å². The normalized spacial score (nSPS) is 42.1. The maximum atomic E-state index is 11.4. The summed E-state index contributed by atoms with van der Waals surface area (Å²) >= 11 is 0. The molecule has 3 saturated heterocycles. The quantitative estimate of drug-likeness (QED) is 0.675. The van der Waals surface area contributed by atoms with Crippen molar-refractivity contribution in [2.45, 2.75) is 37.8 Å². The molecule has 3 heterocycles. The summed E-state index contributed by atoms with van der Waals surface area (Å²) in [7, 11) is -0.508. The zero-order chi connectivity index (χ0) is 11.0. The van der Waals surface area contributed by atoms with E-state index < -0.39 is 10.8 Å². The summed E-state index contributed by atoms with van der Waals surface area (Å²) in [4.78, 5) is 5.35. The van der Waals surface area contributed by atoms with Crippen molar-refractivity contribution in [3.8, 4) is 0 Å². The zero-order valence-electron chi connectivity index (χ0n) is 9.94. The van der Waals surface area contributed by atoms with E-state index in [1.807, 2.05) is 0 Å². The predicted octanol–water partition coefficient (Wildman–Crippen LogP) is 0.677. The lowest BCUT2D eigenvalue weighted by molar-refractivity contribution is 0.0680. The molecule has 0 saturated carbocycles. The van der Waals surface area contributed by atoms with Gasteiger partial charge in [-0.05, 0) is 32.2 Å². The van der Waals surface area contributed by atoms with Gasteiger partial charge in [0, 0.05) is 54.0 Å². The van der Waals surface area contributed by atoms with Gasteiger partial charge in [-0.15, -0.1) is 0 Å². The third-order valence-corrected chi connectivity index (χ3v) is 5.87. The fraction of sp³-hybridized carbons (Fsp3) is 1.00. The molecule has 92 valence electrons. The van der Waals surface area contributed by atoms with Gasteiger partial charge in [0.2, 0.25) is 0 Å². The van der Waals surface area contributed by atoms with Gasteiger partial charge in [-0.1, -0.05) is 0 Å². The molecule has 3 fully saturated rings. The van der Waals surface area contributed by atoms with Crippen molar-refractivity contribution in [3.63, 3.8) is 0 Å². The van der Waals surface area contributed by atoms with Gasteiger partial charge in [0.05, 0.1) is 0 Å². The van der Waals surface area contributed by atoms with Crippen LogP contribution in [-0.4, -0.2) is 63.8 Å². The summed E-state index contributed by atoms with van der Waals surface area (Å²) in [6, 6.07) is 1.57. The van der Waals surface area contributed by atoms with Crippen LogP contribution < -0.4 is 0 Å². The van der Waals surface area contributed by atoms with Crippen LogP contribution in [0.15, 0.2) is 0 Å². The molecule has 1 atom stereocenters. The van der Waals surface area contributed by atoms with Gasteiger partial charge in [-0.25, -0.2) is 0 Å². The first kappa shape index (κ1) is 11.2. The van der Waals surface area contributed by atoms with Crippen molar-refractivity contribution in [3.05, 3.63) is 0 Å². The molecule has 0 aliphatic carbocycles. The van der Waals surface area contributed by atoms with Crippen molar-refractivity contribution in [2.24, 2.45) is 0 Å². The molecule has 0 bridgehead atoms. The third kappa shape index (κ3) is 2.20. The Bertz CT molecular complexity index is 274. The second kappa shape index (κ2) is 4.75. The van der Waals surface area contributed by atoms with Crippen LogP contribution in [0.5, 0.6) is 0 Å². The zero-order valence-corrected chi connectivity index (χ0v) is 10.8. The Morgan fingerprint density at radius 3 is 2.44 bits per heavy atom. The Kier molecular flexibility index (Phi) is 3.32. The maximum Gasteiger partial charge on any atom is 0.0249 e. The van der Waals surface area contributed by atoms with Crippen LogP contribution in [0, 0.1) is 0 Å². The van der Waals surface area contributed by atoms with Crippen molar-refractivity contribution in [2.75, 3.05) is 37.7 Å². The fourth-order valence-corrected chi connectivity index (χ4v) is 4.77. The molecule has 0 radical (unpaired) electrons. The molecule has 0 aromatic rings. The van der Waals surface area contributed by atoms with E-state index in [0.717, 1.165) is 23.6 Å². The van der Waals surface area contributed by atoms with Crippen molar-refractivity contribution in [1.82, 2.24) is 9.80 Å². The first-order valence-electron chi connectivity index (χ1n) is 6.66. The second-order valence-corrected chi connectivity index (χ2v) is 7.10. The average molecular weight is 242 g/mol. The molecule has 0 aromatic heterocycles. The standard InChI is InChI=1S/C12H22N2OS/c15-16-8-3-11(4-9-16)14-7-6-13-5-1-2-12(13)10-14/h11-12H,1-10H2. The highest BCUT2D eigenvalue weighted by molar-refractivity contribution is 7.85. The van der Waals surface area contributed by atoms with Gasteiger partial charge < -0.3 is 0 Å². The molecule has 16 heavy (non-hydrogen) atoms. The summed E-state index contributed by atoms with van der Waals surface area (Å²) in [6.07, 6.45) is 5.13. The van der Waals surface area contributed by atoms with Gasteiger partial charge in [0.25, 0.3) is 0 Å². The number of hydrogen-bond donors (Lipinski definition) is 0. The molecule has 3 rings (SSSR count). The molecule has 0 spiro atoms. The van der Waals surface area contributed by atoms with Gasteiger partial charge in [0.15, 0.2) is 0 Å². The SMILES string of the molecule is O=S1CCC(N2CCN3CCCC3C2)CC1. The van der Waals surface area contributed by atoms with E-state index in [0.29, 0.717) is 0 Å². The summed E-state index contributed by atoms with van der Waals surface area (Å²) in [5.74, 6) is 1.88. The molecule has 3 aliphatic heterocycles. The second-order valence-electron chi connectivity index (χ2n) is 5.41. The van der Waals surface area contributed by atoms with E-state index in [9.17, 15) is 4.21 Å². The van der Waals surface area contributed by atoms with Crippen LogP contribution in [0.1, 0.15) is 25.7 Å². The number of piperazine rings is 1. The first-order valence-corrected chi connectivity index (χ1v) is 8.15. The Balaban J connectivity index is 1.57. The van der Waals surface area contributed by atoms with Gasteiger partial charge in [-0.3, -0.25) is 14.0 Å². The minimum atomic E-state index is -0.508. The maximum absolute atomic E-state index is 11.4. The highest BCUT2D eigenvalue weighted by atomic mass is 32.2. The van der Waals surface area contributed by atoms with Crippen LogP contribution in [-0.2, 0) is 10.8 Å². The van der Waals surface area contributed by atoms with E-state index >= 15 is 0 Å². The van der Waals surface area contributed by atoms with Crippen molar-refractivity contribution < 1.29 is 4.21 Å². The smallest absolute Gasteiger partial charge is 0.0249 e. The monoisotopic (exact) mass is 242 g/mol. The lowest BCUT2D eigenvalue weighted by Gasteiger charge is -2.42. The highest BCUT2D eigenvalue weighted by Gasteiger charge is 2.34. The number of nitrogens with zero attached hydrogens (tertiary/aromatic N) is 2. The molecular weight excluding hydrogens is 220 g/mol. The first-order chi connectivity index (χ1) is 7.83. The lowest BCUT2D eigenvalue weighted by Crippen LogP contribution is -2.54. The molecule has 0 N–H and O–H groups in total. The minimum Gasteiger partial charge on any atom is -0.298 e. The molecule has 0 aromatic carbocycles. The van der Waals surface area contributed by atoms with E-state index in [1.54, 1.807) is 0 Å². The summed E-state index contributed by atoms with van der Waals surface area (Å²) in [5.41, 5.74) is 0. The Morgan fingerprint density at radius 2 is 1.62 bits per heavy atom. The molecule has 4 heteroatoms. The molecular formula is C12H22N2OS. The topological polar surface area (TPSA) is 23.6 Å². The van der Waals surface area contributed by atoms with Crippen LogP contribution >= 0.6 is 0 Å². The summed E-state index contributed by atoms with van der Waals surface area (Å²) in [5, 5.41) is 0. The molecule has 3 nitrogen and oxygen atoms in total. The highest BCUT2D eigenvalue weighted by Crippen LogP contribution is 2.25. The number of hydrogen-bond acceptors (Lipinski definition) is 3. The van der Waals surface area contributed by atoms with Gasteiger partial charge >= 0.3 is 0 Å². The lowest BCUT2D eigenvalue weighted by atomic mass is 10.1. The van der Waals surface area contributed by atoms with Crippen molar-refractivity contribution in [1.29, 1.82) is 0 Å². The minimum absolute atomic E-state index is 0.508. The molecule has 0 amide bonds. The predicted molar refractivity (Wildman–Crippen MR) is 67.1 cm³/mol. The Labute approximate surface area is 101 Å². The summed E-state index contributed by atoms with van der Waals surface area (Å²) in [6.45, 7) is 5.11. The van der Waals surface area contributed by atoms with Crippen LogP contribution in [0.3, 0.4) is 0 Å². The Hall–Kier alpha value is 0.0700. The van der Waals surface area contributed by atoms with E-state index in [-0.39, 0.29) is 0 Å². The third-order valence-electron chi connectivity index (χ3n) is 4.49. The summed E-state index contributed by atoms with van der Waals surface area (Å²) < 4.78 is 11.4. The molecule has 1 unspecified atom stereocenters. The molecule has 3 aliphatic rings. The average Bonchev–Trinajstić information content (AvgIpc) is 2.77.